The van der Waals surface area contributed by atoms with E-state index in [-0.39, 0.29) is 0 Å². The van der Waals surface area contributed by atoms with Gasteiger partial charge in [0.25, 0.3) is 0 Å². The molecule has 0 fully saturated rings. The number of allylic oxidation sites excluding steroid dienone is 1. The van der Waals surface area contributed by atoms with Gasteiger partial charge in [0.15, 0.2) is 0 Å². The second-order valence-corrected chi connectivity index (χ2v) is 6.54. The van der Waals surface area contributed by atoms with Gasteiger partial charge < -0.3 is 18.3 Å². The molecule has 0 aliphatic heterocycles. The second kappa shape index (κ2) is 15.9. The van der Waals surface area contributed by atoms with E-state index in [9.17, 15) is 0 Å². The molecule has 0 saturated heterocycles. The molecule has 0 aliphatic carbocycles. The number of ether oxygens (including phenoxy) is 2. The van der Waals surface area contributed by atoms with E-state index in [1.54, 1.807) is 14.2 Å². The van der Waals surface area contributed by atoms with E-state index in [4.69, 9.17) is 18.3 Å². The van der Waals surface area contributed by atoms with Crippen molar-refractivity contribution in [2.24, 2.45) is 0 Å². The van der Waals surface area contributed by atoms with E-state index in [1.165, 1.54) is 25.7 Å². The molecule has 0 heterocycles. The van der Waals surface area contributed by atoms with Gasteiger partial charge in [0, 0.05) is 14.2 Å². The van der Waals surface area contributed by atoms with Crippen molar-refractivity contribution in [3.05, 3.63) is 12.7 Å². The summed E-state index contributed by atoms with van der Waals surface area (Å²) in [5, 5.41) is 0. The van der Waals surface area contributed by atoms with Crippen LogP contribution in [0.4, 0.5) is 0 Å². The molecule has 0 spiro atoms. The molecule has 114 valence electrons. The minimum Gasteiger partial charge on any atom is -0.394 e. The topological polar surface area (TPSA) is 36.9 Å². The zero-order valence-corrected chi connectivity index (χ0v) is 13.7. The van der Waals surface area contributed by atoms with Gasteiger partial charge in [-0.15, -0.1) is 6.58 Å². The molecule has 0 unspecified atom stereocenters. The molecule has 0 aromatic heterocycles. The first-order valence-corrected chi connectivity index (χ1v) is 8.93. The average Bonchev–Trinajstić information content (AvgIpc) is 2.42. The fourth-order valence-corrected chi connectivity index (χ4v) is 3.46. The summed E-state index contributed by atoms with van der Waals surface area (Å²) in [6.45, 7) is 6.28. The standard InChI is InChI=1S/C14H30O4Si/c1-4-5-6-7-8-9-14-19(17-12-10-15-2)18-13-11-16-3/h4,19H,1,5-14H2,2-3H3. The van der Waals surface area contributed by atoms with E-state index >= 15 is 0 Å². The van der Waals surface area contributed by atoms with E-state index in [1.807, 2.05) is 6.08 Å². The van der Waals surface area contributed by atoms with Crippen LogP contribution in [-0.2, 0) is 18.3 Å². The first-order chi connectivity index (χ1) is 9.35. The van der Waals surface area contributed by atoms with Gasteiger partial charge in [-0.25, -0.2) is 0 Å². The van der Waals surface area contributed by atoms with Gasteiger partial charge in [0.2, 0.25) is 0 Å². The minimum atomic E-state index is -1.54. The van der Waals surface area contributed by atoms with Crippen molar-refractivity contribution < 1.29 is 18.3 Å². The van der Waals surface area contributed by atoms with Crippen molar-refractivity contribution in [3.63, 3.8) is 0 Å². The summed E-state index contributed by atoms with van der Waals surface area (Å²) in [6, 6.07) is 1.07. The molecular weight excluding hydrogens is 260 g/mol. The fraction of sp³-hybridized carbons (Fsp3) is 0.857. The molecule has 0 atom stereocenters. The van der Waals surface area contributed by atoms with E-state index < -0.39 is 9.28 Å². The molecule has 0 radical (unpaired) electrons. The molecule has 19 heavy (non-hydrogen) atoms. The number of hydrogen-bond donors (Lipinski definition) is 0. The van der Waals surface area contributed by atoms with Crippen LogP contribution < -0.4 is 0 Å². The SMILES string of the molecule is C=CCCCCCC[SiH](OCCOC)OCCOC. The van der Waals surface area contributed by atoms with E-state index in [0.717, 1.165) is 12.5 Å². The van der Waals surface area contributed by atoms with Crippen LogP contribution in [-0.4, -0.2) is 49.9 Å². The molecule has 0 aromatic rings. The summed E-state index contributed by atoms with van der Waals surface area (Å²) in [6.07, 6.45) is 8.05. The molecule has 4 nitrogen and oxygen atoms in total. The molecule has 0 rings (SSSR count). The van der Waals surface area contributed by atoms with Crippen LogP contribution in [0, 0.1) is 0 Å². The highest BCUT2D eigenvalue weighted by molar-refractivity contribution is 6.44. The van der Waals surface area contributed by atoms with Crippen LogP contribution in [0.3, 0.4) is 0 Å². The average molecular weight is 290 g/mol. The van der Waals surface area contributed by atoms with Crippen molar-refractivity contribution in [1.82, 2.24) is 0 Å². The Kier molecular flexibility index (Phi) is 15.7. The Morgan fingerprint density at radius 2 is 1.42 bits per heavy atom. The molecule has 0 N–H and O–H groups in total. The van der Waals surface area contributed by atoms with Crippen molar-refractivity contribution >= 4 is 9.28 Å². The Morgan fingerprint density at radius 3 is 1.95 bits per heavy atom. The third-order valence-corrected chi connectivity index (χ3v) is 4.88. The van der Waals surface area contributed by atoms with Crippen molar-refractivity contribution in [1.29, 1.82) is 0 Å². The van der Waals surface area contributed by atoms with Crippen LogP contribution in [0.1, 0.15) is 32.1 Å². The molecular formula is C14H30O4Si. The van der Waals surface area contributed by atoms with E-state index in [2.05, 4.69) is 6.58 Å². The van der Waals surface area contributed by atoms with Gasteiger partial charge in [-0.05, 0) is 18.9 Å². The maximum absolute atomic E-state index is 5.78. The molecule has 0 aliphatic rings. The summed E-state index contributed by atoms with van der Waals surface area (Å²) in [4.78, 5) is 0. The van der Waals surface area contributed by atoms with Crippen LogP contribution in [0.2, 0.25) is 6.04 Å². The third kappa shape index (κ3) is 14.0. The maximum Gasteiger partial charge on any atom is 0.321 e. The second-order valence-electron chi connectivity index (χ2n) is 4.44. The van der Waals surface area contributed by atoms with Gasteiger partial charge in [-0.3, -0.25) is 0 Å². The lowest BCUT2D eigenvalue weighted by atomic mass is 10.1. The first-order valence-electron chi connectivity index (χ1n) is 7.17. The number of unbranched alkanes of at least 4 members (excludes halogenated alkanes) is 4. The molecule has 0 saturated carbocycles. The Morgan fingerprint density at radius 1 is 0.842 bits per heavy atom. The smallest absolute Gasteiger partial charge is 0.321 e. The van der Waals surface area contributed by atoms with Gasteiger partial charge in [-0.2, -0.15) is 0 Å². The summed E-state index contributed by atoms with van der Waals surface area (Å²) >= 11 is 0. The van der Waals surface area contributed by atoms with Crippen LogP contribution in [0.25, 0.3) is 0 Å². The Bertz CT molecular complexity index is 180. The van der Waals surface area contributed by atoms with Gasteiger partial charge in [0.05, 0.1) is 26.4 Å². The minimum absolute atomic E-state index is 0.635. The predicted octanol–water partition coefficient (Wildman–Crippen LogP) is 2.67. The zero-order valence-electron chi connectivity index (χ0n) is 12.6. The predicted molar refractivity (Wildman–Crippen MR) is 80.9 cm³/mol. The highest BCUT2D eigenvalue weighted by Gasteiger charge is 2.12. The molecule has 5 heteroatoms. The van der Waals surface area contributed by atoms with Gasteiger partial charge >= 0.3 is 9.28 Å². The number of methoxy groups -OCH3 is 2. The number of rotatable bonds is 15. The molecule has 0 aromatic carbocycles. The van der Waals surface area contributed by atoms with Gasteiger partial charge in [-0.1, -0.05) is 25.3 Å². The van der Waals surface area contributed by atoms with Crippen molar-refractivity contribution in [3.8, 4) is 0 Å². The van der Waals surface area contributed by atoms with Gasteiger partial charge in [0.1, 0.15) is 0 Å². The van der Waals surface area contributed by atoms with Crippen molar-refractivity contribution in [2.75, 3.05) is 40.6 Å². The largest absolute Gasteiger partial charge is 0.394 e. The highest BCUT2D eigenvalue weighted by Crippen LogP contribution is 2.09. The number of hydrogen-bond acceptors (Lipinski definition) is 4. The lowest BCUT2D eigenvalue weighted by molar-refractivity contribution is 0.0993. The monoisotopic (exact) mass is 290 g/mol. The summed E-state index contributed by atoms with van der Waals surface area (Å²) in [5.74, 6) is 0. The van der Waals surface area contributed by atoms with Crippen molar-refractivity contribution in [2.45, 2.75) is 38.1 Å². The normalized spacial score (nSPS) is 11.1. The summed E-state index contributed by atoms with van der Waals surface area (Å²) in [7, 11) is 1.84. The maximum atomic E-state index is 5.78. The highest BCUT2D eigenvalue weighted by atomic mass is 28.3. The Labute approximate surface area is 119 Å². The lowest BCUT2D eigenvalue weighted by Crippen LogP contribution is -2.26. The first kappa shape index (κ1) is 18.8. The molecule has 0 bridgehead atoms. The summed E-state index contributed by atoms with van der Waals surface area (Å²) in [5.41, 5.74) is 0. The zero-order chi connectivity index (χ0) is 14.2. The fourth-order valence-electron chi connectivity index (χ4n) is 1.69. The molecule has 0 amide bonds. The quantitative estimate of drug-likeness (QED) is 0.264. The van der Waals surface area contributed by atoms with E-state index in [0.29, 0.717) is 26.4 Å². The van der Waals surface area contributed by atoms with Crippen LogP contribution >= 0.6 is 0 Å². The summed E-state index contributed by atoms with van der Waals surface area (Å²) < 4.78 is 21.5. The van der Waals surface area contributed by atoms with Crippen LogP contribution in [0.15, 0.2) is 12.7 Å². The third-order valence-electron chi connectivity index (χ3n) is 2.78. The Hall–Kier alpha value is -0.203. The Balaban J connectivity index is 3.61. The van der Waals surface area contributed by atoms with Crippen LogP contribution in [0.5, 0.6) is 0 Å². The lowest BCUT2D eigenvalue weighted by Gasteiger charge is -2.16.